The zero-order valence-electron chi connectivity index (χ0n) is 19.2. The standard InChI is InChI=1S/2C11H17.2CH3.2ClH.H2Si.Ti/c2*1-3-5-6-11-8-7-10(4-2)9-11;;;;;;/h2*9H,3-6,8H2,1-2H3;2*1H3;2*1H;1H2;. The predicted octanol–water partition coefficient (Wildman–Crippen LogP) is 8.53. The van der Waals surface area contributed by atoms with Crippen LogP contribution in [0.1, 0.15) is 91.9 Å². The van der Waals surface area contributed by atoms with Crippen LogP contribution in [0.15, 0.2) is 42.2 Å². The van der Waals surface area contributed by atoms with Gasteiger partial charge in [-0.1, -0.05) is 0 Å². The molecule has 0 atom stereocenters. The average molecular weight is 479 g/mol. The fourth-order valence-corrected chi connectivity index (χ4v) is 14.9. The average Bonchev–Trinajstić information content (AvgIpc) is 3.22. The summed E-state index contributed by atoms with van der Waals surface area (Å²) in [6.07, 6.45) is 18.2. The molecule has 0 saturated carbocycles. The molecule has 2 rings (SSSR count). The van der Waals surface area contributed by atoms with Gasteiger partial charge in [-0.05, 0) is 0 Å². The Bertz CT molecular complexity index is 676. The summed E-state index contributed by atoms with van der Waals surface area (Å²) in [6.45, 7) is 9.37. The van der Waals surface area contributed by atoms with Crippen LogP contribution in [0.4, 0.5) is 0 Å². The van der Waals surface area contributed by atoms with Crippen LogP contribution in [-0.4, -0.2) is 7.63 Å². The first-order chi connectivity index (χ1) is 12.3. The maximum Gasteiger partial charge on any atom is -0.147 e. The van der Waals surface area contributed by atoms with E-state index in [9.17, 15) is 0 Å². The number of halogens is 2. The van der Waals surface area contributed by atoms with Crippen molar-refractivity contribution in [2.45, 2.75) is 102 Å². The molecule has 2 aliphatic rings. The van der Waals surface area contributed by atoms with Gasteiger partial charge in [0.25, 0.3) is 0 Å². The summed E-state index contributed by atoms with van der Waals surface area (Å²) in [7, 11) is 2.44. The first-order valence-corrected chi connectivity index (χ1v) is 19.9. The molecular weight excluding hydrogens is 435 g/mol. The van der Waals surface area contributed by atoms with Gasteiger partial charge in [-0.15, -0.1) is 24.8 Å². The van der Waals surface area contributed by atoms with Crippen LogP contribution in [0.2, 0.25) is 10.5 Å². The van der Waals surface area contributed by atoms with Crippen molar-refractivity contribution in [1.29, 1.82) is 0 Å². The van der Waals surface area contributed by atoms with Crippen molar-refractivity contribution >= 4 is 32.4 Å². The summed E-state index contributed by atoms with van der Waals surface area (Å²) in [6, 6.07) is 0. The molecule has 0 aromatic carbocycles. The third-order valence-corrected chi connectivity index (χ3v) is 17.9. The predicted molar refractivity (Wildman–Crippen MR) is 134 cm³/mol. The second kappa shape index (κ2) is 11.8. The maximum atomic E-state index is 2.72. The molecule has 0 spiro atoms. The molecule has 28 heavy (non-hydrogen) atoms. The Morgan fingerprint density at radius 3 is 1.39 bits per heavy atom. The van der Waals surface area contributed by atoms with Gasteiger partial charge in [0.2, 0.25) is 0 Å². The van der Waals surface area contributed by atoms with Crippen molar-refractivity contribution in [2.75, 3.05) is 0 Å². The normalized spacial score (nSPS) is 17.4. The van der Waals surface area contributed by atoms with Gasteiger partial charge in [0.1, 0.15) is 0 Å². The Morgan fingerprint density at radius 2 is 1.11 bits per heavy atom. The second-order valence-corrected chi connectivity index (χ2v) is 28.6. The topological polar surface area (TPSA) is 0 Å². The molecule has 0 aromatic heterocycles. The molecule has 0 heterocycles. The van der Waals surface area contributed by atoms with Crippen LogP contribution < -0.4 is 0 Å². The first-order valence-electron chi connectivity index (χ1n) is 11.2. The largest absolute Gasteiger partial charge is 0.147 e. The zero-order valence-corrected chi connectivity index (χ0v) is 23.9. The molecule has 0 nitrogen and oxygen atoms in total. The van der Waals surface area contributed by atoms with Crippen LogP contribution >= 0.6 is 24.8 Å². The molecule has 0 saturated heterocycles. The Kier molecular flexibility index (Phi) is 12.0. The quantitative estimate of drug-likeness (QED) is 0.276. The number of unbranched alkanes of at least 4 members (excludes halogenated alkanes) is 2. The van der Waals surface area contributed by atoms with Crippen molar-refractivity contribution in [3.8, 4) is 0 Å². The van der Waals surface area contributed by atoms with Gasteiger partial charge >= 0.3 is 166 Å². The van der Waals surface area contributed by atoms with E-state index < -0.39 is 14.0 Å². The Labute approximate surface area is 190 Å². The van der Waals surface area contributed by atoms with E-state index in [4.69, 9.17) is 0 Å². The van der Waals surface area contributed by atoms with Gasteiger partial charge < -0.3 is 0 Å². The van der Waals surface area contributed by atoms with E-state index in [0.717, 1.165) is 0 Å². The maximum absolute atomic E-state index is 2.80. The third-order valence-electron chi connectivity index (χ3n) is 6.74. The first kappa shape index (κ1) is 28.5. The summed E-state index contributed by atoms with van der Waals surface area (Å²) < 4.78 is 3.81. The van der Waals surface area contributed by atoms with Crippen LogP contribution in [0, 0.1) is 0 Å². The molecular formula is C24H44Cl2SiTi. The minimum absolute atomic E-state index is 0. The van der Waals surface area contributed by atoms with Crippen LogP contribution in [0.25, 0.3) is 0 Å². The molecule has 0 aromatic rings. The van der Waals surface area contributed by atoms with Gasteiger partial charge in [-0.25, -0.2) is 0 Å². The van der Waals surface area contributed by atoms with Crippen LogP contribution in [0.5, 0.6) is 0 Å². The molecule has 0 N–H and O–H groups in total. The monoisotopic (exact) mass is 478 g/mol. The van der Waals surface area contributed by atoms with Crippen molar-refractivity contribution in [1.82, 2.24) is 0 Å². The van der Waals surface area contributed by atoms with Gasteiger partial charge in [0, 0.05) is 0 Å². The molecule has 0 bridgehead atoms. The minimum Gasteiger partial charge on any atom is -0.147 e. The van der Waals surface area contributed by atoms with Gasteiger partial charge in [-0.3, -0.25) is 0 Å². The molecule has 0 amide bonds. The Balaban J connectivity index is 0.00000364. The summed E-state index contributed by atoms with van der Waals surface area (Å²) in [5.41, 5.74) is 6.86. The molecule has 0 radical (unpaired) electrons. The van der Waals surface area contributed by atoms with E-state index in [-0.39, 0.29) is 24.8 Å². The van der Waals surface area contributed by atoms with Gasteiger partial charge in [-0.2, -0.15) is 0 Å². The summed E-state index contributed by atoms with van der Waals surface area (Å²) in [5, 5.41) is 5.44. The van der Waals surface area contributed by atoms with Crippen molar-refractivity contribution in [3.05, 3.63) is 42.2 Å². The number of hydrogen-bond acceptors (Lipinski definition) is 0. The van der Waals surface area contributed by atoms with E-state index in [2.05, 4.69) is 57.9 Å². The van der Waals surface area contributed by atoms with Crippen LogP contribution in [-0.2, 0) is 14.0 Å². The van der Waals surface area contributed by atoms with Crippen molar-refractivity contribution < 1.29 is 14.0 Å². The van der Waals surface area contributed by atoms with Gasteiger partial charge in [0.15, 0.2) is 0 Å². The summed E-state index contributed by atoms with van der Waals surface area (Å²) in [4.78, 5) is 0. The van der Waals surface area contributed by atoms with Crippen LogP contribution in [0.3, 0.4) is 0 Å². The minimum atomic E-state index is -2.80. The number of rotatable bonds is 10. The fraction of sp³-hybridized carbons (Fsp3) is 0.667. The molecule has 2 aliphatic carbocycles. The fourth-order valence-electron chi connectivity index (χ4n) is 4.99. The van der Waals surface area contributed by atoms with Gasteiger partial charge in [0.05, 0.1) is 0 Å². The molecule has 0 aliphatic heterocycles. The number of allylic oxidation sites excluding steroid dienone is 8. The summed E-state index contributed by atoms with van der Waals surface area (Å²) >= 11 is -2.80. The van der Waals surface area contributed by atoms with E-state index in [1.54, 1.807) is 22.3 Å². The molecule has 4 heteroatoms. The van der Waals surface area contributed by atoms with Crippen molar-refractivity contribution in [2.24, 2.45) is 0 Å². The van der Waals surface area contributed by atoms with E-state index in [1.165, 1.54) is 64.2 Å². The second-order valence-electron chi connectivity index (χ2n) is 9.57. The van der Waals surface area contributed by atoms with Crippen molar-refractivity contribution in [3.63, 3.8) is 0 Å². The van der Waals surface area contributed by atoms with E-state index >= 15 is 0 Å². The molecule has 0 unspecified atom stereocenters. The number of hydrogen-bond donors (Lipinski definition) is 0. The smallest absolute Gasteiger partial charge is 0.147 e. The summed E-state index contributed by atoms with van der Waals surface area (Å²) in [5.74, 6) is 0. The zero-order chi connectivity index (χ0) is 19.4. The Hall–Kier alpha value is 0.471. The van der Waals surface area contributed by atoms with E-state index in [1.807, 2.05) is 7.76 Å². The van der Waals surface area contributed by atoms with E-state index in [0.29, 0.717) is 0 Å². The SMILES string of the molecule is CCCCC1=CC(CC)=[C]([Ti]([CH3])([CH3])(=[SiH2])[C]2=C(CC)C=C(CCCC)C2)C1.Cl.Cl. The molecule has 162 valence electrons. The third kappa shape index (κ3) is 6.24. The molecule has 0 fully saturated rings. The Morgan fingerprint density at radius 1 is 0.750 bits per heavy atom.